The Bertz CT molecular complexity index is 751. The number of nitrogen functional groups attached to an aromatic ring is 4. The van der Waals surface area contributed by atoms with Crippen molar-refractivity contribution in [3.05, 3.63) is 10.5 Å². The molecular weight excluding hydrogens is 338 g/mol. The highest BCUT2D eigenvalue weighted by Crippen LogP contribution is 2.28. The fourth-order valence-electron chi connectivity index (χ4n) is 2.56. The minimum atomic E-state index is -0.583. The molecule has 144 valence electrons. The number of aromatic nitrogens is 6. The van der Waals surface area contributed by atoms with Crippen molar-refractivity contribution in [2.75, 3.05) is 28.3 Å². The lowest BCUT2D eigenvalue weighted by Gasteiger charge is -2.33. The minimum absolute atomic E-state index is 0.0208. The molecule has 0 fully saturated rings. The van der Waals surface area contributed by atoms with Gasteiger partial charge in [-0.2, -0.15) is 24.9 Å². The number of nitrogens with one attached hydrogen (secondary N) is 2. The van der Waals surface area contributed by atoms with Gasteiger partial charge >= 0.3 is 5.69 Å². The molecule has 12 nitrogen and oxygen atoms in total. The Kier molecular flexibility index (Phi) is 6.26. The van der Waals surface area contributed by atoms with Gasteiger partial charge in [-0.15, -0.1) is 0 Å². The number of nitrogens with zero attached hydrogens (tertiary/aromatic N) is 5. The molecule has 0 amide bonds. The van der Waals surface area contributed by atoms with Crippen LogP contribution in [0, 0.1) is 5.41 Å². The molecule has 2 aromatic heterocycles. The third-order valence-electron chi connectivity index (χ3n) is 2.78. The summed E-state index contributed by atoms with van der Waals surface area (Å²) in [5.74, 6) is 0.547. The van der Waals surface area contributed by atoms with Crippen LogP contribution in [0.1, 0.15) is 41.0 Å². The first-order valence-corrected chi connectivity index (χ1v) is 7.80. The van der Waals surface area contributed by atoms with Gasteiger partial charge in [0.2, 0.25) is 29.7 Å². The van der Waals surface area contributed by atoms with Crippen molar-refractivity contribution < 1.29 is 0 Å². The Labute approximate surface area is 151 Å². The molecule has 0 aliphatic carbocycles. The van der Waals surface area contributed by atoms with E-state index in [0.717, 1.165) is 6.42 Å². The van der Waals surface area contributed by atoms with Gasteiger partial charge in [0, 0.05) is 5.54 Å². The van der Waals surface area contributed by atoms with Crippen LogP contribution < -0.4 is 33.9 Å². The van der Waals surface area contributed by atoms with Crippen molar-refractivity contribution in [2.24, 2.45) is 5.41 Å². The number of anilines is 5. The topological polar surface area (TPSA) is 213 Å². The minimum Gasteiger partial charge on any atom is -0.369 e. The molecule has 0 saturated carbocycles. The van der Waals surface area contributed by atoms with Crippen LogP contribution in [0.4, 0.5) is 29.7 Å². The third kappa shape index (κ3) is 8.08. The molecule has 26 heavy (non-hydrogen) atoms. The lowest BCUT2D eigenvalue weighted by Crippen LogP contribution is -2.36. The summed E-state index contributed by atoms with van der Waals surface area (Å²) in [6, 6.07) is 0. The molecule has 2 aromatic rings. The van der Waals surface area contributed by atoms with E-state index in [1.54, 1.807) is 0 Å². The molecule has 2 rings (SSSR count). The van der Waals surface area contributed by atoms with Gasteiger partial charge in [0.1, 0.15) is 0 Å². The van der Waals surface area contributed by atoms with Gasteiger partial charge in [0.25, 0.3) is 0 Å². The summed E-state index contributed by atoms with van der Waals surface area (Å²) in [7, 11) is 0. The van der Waals surface area contributed by atoms with Crippen molar-refractivity contribution in [3.63, 3.8) is 0 Å². The van der Waals surface area contributed by atoms with Crippen LogP contribution >= 0.6 is 0 Å². The van der Waals surface area contributed by atoms with Crippen molar-refractivity contribution in [2.45, 2.75) is 46.6 Å². The molecule has 2 heterocycles. The summed E-state index contributed by atoms with van der Waals surface area (Å²) in [6.07, 6.45) is 0.964. The highest BCUT2D eigenvalue weighted by Gasteiger charge is 2.26. The van der Waals surface area contributed by atoms with Crippen molar-refractivity contribution in [1.82, 2.24) is 29.9 Å². The van der Waals surface area contributed by atoms with Gasteiger partial charge < -0.3 is 28.3 Å². The summed E-state index contributed by atoms with van der Waals surface area (Å²) >= 11 is 0. The molecule has 0 aliphatic rings. The van der Waals surface area contributed by atoms with Gasteiger partial charge in [-0.25, -0.2) is 4.79 Å². The maximum Gasteiger partial charge on any atom is 0.350 e. The van der Waals surface area contributed by atoms with Gasteiger partial charge in [-0.1, -0.05) is 20.8 Å². The number of rotatable bonds is 3. The molecular formula is C14H27N11O. The second-order valence-corrected chi connectivity index (χ2v) is 7.52. The zero-order valence-corrected chi connectivity index (χ0v) is 15.7. The first-order chi connectivity index (χ1) is 11.8. The van der Waals surface area contributed by atoms with E-state index in [1.165, 1.54) is 0 Å². The highest BCUT2D eigenvalue weighted by molar-refractivity contribution is 5.38. The van der Waals surface area contributed by atoms with Crippen LogP contribution in [0.25, 0.3) is 0 Å². The number of hydrogen-bond donors (Lipinski definition) is 6. The molecule has 10 N–H and O–H groups in total. The van der Waals surface area contributed by atoms with Crippen molar-refractivity contribution in [3.8, 4) is 0 Å². The van der Waals surface area contributed by atoms with Gasteiger partial charge in [0.15, 0.2) is 0 Å². The summed E-state index contributed by atoms with van der Waals surface area (Å²) in [6.45, 7) is 10.7. The van der Waals surface area contributed by atoms with E-state index in [1.807, 2.05) is 0 Å². The molecule has 0 aliphatic heterocycles. The first-order valence-electron chi connectivity index (χ1n) is 7.80. The van der Waals surface area contributed by atoms with Crippen LogP contribution in [-0.4, -0.2) is 35.4 Å². The van der Waals surface area contributed by atoms with E-state index >= 15 is 0 Å². The standard InChI is InChI=1S/C11H22N6.C3H5N5O/c1-10(2,3)6-11(4,5)17-9-15-7(12)14-8(13)16-9;4-1-6-2(5)8-3(9)7-1/h6H2,1-5H3,(H5,12,13,14,15,16,17);(H5,4,5,6,7,8,9). The fraction of sp³-hybridized carbons (Fsp3) is 0.571. The predicted molar refractivity (Wildman–Crippen MR) is 102 cm³/mol. The maximum absolute atomic E-state index is 10.3. The summed E-state index contributed by atoms with van der Waals surface area (Å²) < 4.78 is 0. The lowest BCUT2D eigenvalue weighted by molar-refractivity contribution is 0.301. The predicted octanol–water partition coefficient (Wildman–Crippen LogP) is -0.00800. The Balaban J connectivity index is 0.000000314. The number of nitrogens with two attached hydrogens (primary N) is 4. The monoisotopic (exact) mass is 365 g/mol. The quantitative estimate of drug-likeness (QED) is 0.425. The smallest absolute Gasteiger partial charge is 0.350 e. The second kappa shape index (κ2) is 7.80. The van der Waals surface area contributed by atoms with E-state index in [0.29, 0.717) is 5.95 Å². The van der Waals surface area contributed by atoms with Crippen LogP contribution in [-0.2, 0) is 0 Å². The van der Waals surface area contributed by atoms with Crippen molar-refractivity contribution in [1.29, 1.82) is 0 Å². The molecule has 0 unspecified atom stereocenters. The van der Waals surface area contributed by atoms with Crippen LogP contribution in [0.5, 0.6) is 0 Å². The second-order valence-electron chi connectivity index (χ2n) is 7.52. The Morgan fingerprint density at radius 2 is 1.35 bits per heavy atom. The number of H-pyrrole nitrogens is 1. The van der Waals surface area contributed by atoms with E-state index in [4.69, 9.17) is 22.9 Å². The molecule has 0 aromatic carbocycles. The molecule has 0 radical (unpaired) electrons. The first kappa shape index (κ1) is 20.9. The summed E-state index contributed by atoms with van der Waals surface area (Å²) in [4.78, 5) is 30.9. The molecule has 0 saturated heterocycles. The Morgan fingerprint density at radius 3 is 1.77 bits per heavy atom. The van der Waals surface area contributed by atoms with Gasteiger partial charge in [0.05, 0.1) is 0 Å². The SMILES string of the molecule is CC(C)(C)CC(C)(C)Nc1nc(N)nc(N)n1.Nc1nc(N)[nH]c(=O)n1. The average Bonchev–Trinajstić information content (AvgIpc) is 2.31. The van der Waals surface area contributed by atoms with Gasteiger partial charge in [-0.05, 0) is 25.7 Å². The Morgan fingerprint density at radius 1 is 0.846 bits per heavy atom. The van der Waals surface area contributed by atoms with E-state index in [-0.39, 0.29) is 34.7 Å². The summed E-state index contributed by atoms with van der Waals surface area (Å²) in [5, 5.41) is 3.23. The van der Waals surface area contributed by atoms with E-state index in [2.05, 4.69) is 69.8 Å². The van der Waals surface area contributed by atoms with Crippen LogP contribution in [0.15, 0.2) is 4.79 Å². The molecule has 12 heteroatoms. The van der Waals surface area contributed by atoms with E-state index in [9.17, 15) is 4.79 Å². The third-order valence-corrected chi connectivity index (χ3v) is 2.78. The van der Waals surface area contributed by atoms with Crippen LogP contribution in [0.2, 0.25) is 0 Å². The number of aromatic amines is 1. The molecule has 0 spiro atoms. The Hall–Kier alpha value is -3.18. The lowest BCUT2D eigenvalue weighted by atomic mass is 9.82. The highest BCUT2D eigenvalue weighted by atomic mass is 16.1. The number of hydrogen-bond acceptors (Lipinski definition) is 11. The largest absolute Gasteiger partial charge is 0.369 e. The molecule has 0 atom stereocenters. The fourth-order valence-corrected chi connectivity index (χ4v) is 2.56. The molecule has 0 bridgehead atoms. The zero-order valence-electron chi connectivity index (χ0n) is 15.7. The van der Waals surface area contributed by atoms with E-state index < -0.39 is 5.69 Å². The van der Waals surface area contributed by atoms with Gasteiger partial charge in [-0.3, -0.25) is 4.98 Å². The van der Waals surface area contributed by atoms with Crippen LogP contribution in [0.3, 0.4) is 0 Å². The maximum atomic E-state index is 10.3. The van der Waals surface area contributed by atoms with Crippen molar-refractivity contribution >= 4 is 29.7 Å². The average molecular weight is 365 g/mol. The summed E-state index contributed by atoms with van der Waals surface area (Å²) in [5.41, 5.74) is 20.6. The zero-order chi connectivity index (χ0) is 20.1. The normalized spacial score (nSPS) is 11.4.